The standard InChI is InChI=1S/C12H15N5O3S/c1-8(2)16(7-11(19)20)10(18)6-17-14-12(13-15-17)9-4-3-5-21-9/h3-5,8H,6-7H2,1-2H3,(H,19,20). The number of aliphatic carboxylic acids is 1. The Morgan fingerprint density at radius 2 is 2.24 bits per heavy atom. The van der Waals surface area contributed by atoms with Gasteiger partial charge in [-0.3, -0.25) is 9.59 Å². The van der Waals surface area contributed by atoms with E-state index in [0.717, 1.165) is 4.88 Å². The average Bonchev–Trinajstić information content (AvgIpc) is 3.05. The van der Waals surface area contributed by atoms with Gasteiger partial charge in [0, 0.05) is 6.04 Å². The summed E-state index contributed by atoms with van der Waals surface area (Å²) in [5.41, 5.74) is 0. The molecule has 0 bridgehead atoms. The van der Waals surface area contributed by atoms with E-state index in [9.17, 15) is 9.59 Å². The van der Waals surface area contributed by atoms with Crippen LogP contribution in [0.5, 0.6) is 0 Å². The Morgan fingerprint density at radius 1 is 1.48 bits per heavy atom. The van der Waals surface area contributed by atoms with Crippen molar-refractivity contribution >= 4 is 23.2 Å². The lowest BCUT2D eigenvalue weighted by Crippen LogP contribution is -2.42. The highest BCUT2D eigenvalue weighted by Gasteiger charge is 2.21. The van der Waals surface area contributed by atoms with Gasteiger partial charge in [-0.2, -0.15) is 4.80 Å². The Labute approximate surface area is 125 Å². The van der Waals surface area contributed by atoms with Gasteiger partial charge in [0.15, 0.2) is 0 Å². The molecule has 0 spiro atoms. The van der Waals surface area contributed by atoms with Gasteiger partial charge in [-0.1, -0.05) is 6.07 Å². The smallest absolute Gasteiger partial charge is 0.323 e. The van der Waals surface area contributed by atoms with Crippen molar-refractivity contribution in [3.63, 3.8) is 0 Å². The maximum atomic E-state index is 12.1. The summed E-state index contributed by atoms with van der Waals surface area (Å²) in [7, 11) is 0. The predicted molar refractivity (Wildman–Crippen MR) is 75.6 cm³/mol. The van der Waals surface area contributed by atoms with Crippen LogP contribution in [0.15, 0.2) is 17.5 Å². The molecule has 8 nitrogen and oxygen atoms in total. The summed E-state index contributed by atoms with van der Waals surface area (Å²) in [6.07, 6.45) is 0. The number of aromatic nitrogens is 4. The SMILES string of the molecule is CC(C)N(CC(=O)O)C(=O)Cn1nnc(-c2cccs2)n1. The third-order valence-electron chi connectivity index (χ3n) is 2.72. The number of amides is 1. The van der Waals surface area contributed by atoms with Crippen molar-refractivity contribution in [3.05, 3.63) is 17.5 Å². The largest absolute Gasteiger partial charge is 0.480 e. The second-order valence-electron chi connectivity index (χ2n) is 4.63. The monoisotopic (exact) mass is 309 g/mol. The maximum Gasteiger partial charge on any atom is 0.323 e. The Hall–Kier alpha value is -2.29. The highest BCUT2D eigenvalue weighted by Crippen LogP contribution is 2.19. The number of nitrogens with zero attached hydrogens (tertiary/aromatic N) is 5. The summed E-state index contributed by atoms with van der Waals surface area (Å²) in [5.74, 6) is -0.961. The molecule has 0 aliphatic carbocycles. The number of rotatable bonds is 6. The fourth-order valence-corrected chi connectivity index (χ4v) is 2.38. The van der Waals surface area contributed by atoms with Crippen LogP contribution in [-0.4, -0.2) is 54.7 Å². The van der Waals surface area contributed by atoms with E-state index >= 15 is 0 Å². The van der Waals surface area contributed by atoms with E-state index in [2.05, 4.69) is 15.4 Å². The van der Waals surface area contributed by atoms with Gasteiger partial charge in [0.1, 0.15) is 13.1 Å². The molecular formula is C12H15N5O3S. The van der Waals surface area contributed by atoms with Crippen LogP contribution in [-0.2, 0) is 16.1 Å². The molecule has 112 valence electrons. The van der Waals surface area contributed by atoms with E-state index in [-0.39, 0.29) is 25.0 Å². The van der Waals surface area contributed by atoms with Gasteiger partial charge in [-0.25, -0.2) is 0 Å². The van der Waals surface area contributed by atoms with Gasteiger partial charge in [0.25, 0.3) is 0 Å². The maximum absolute atomic E-state index is 12.1. The van der Waals surface area contributed by atoms with Crippen LogP contribution < -0.4 is 0 Å². The van der Waals surface area contributed by atoms with Crippen molar-refractivity contribution in [1.82, 2.24) is 25.1 Å². The Kier molecular flexibility index (Phi) is 4.63. The molecule has 0 aromatic carbocycles. The first kappa shape index (κ1) is 15.1. The molecule has 2 rings (SSSR count). The molecule has 21 heavy (non-hydrogen) atoms. The quantitative estimate of drug-likeness (QED) is 0.844. The number of carboxylic acid groups (broad SMARTS) is 1. The third-order valence-corrected chi connectivity index (χ3v) is 3.59. The van der Waals surface area contributed by atoms with Gasteiger partial charge in [-0.15, -0.1) is 21.5 Å². The summed E-state index contributed by atoms with van der Waals surface area (Å²) in [5, 5.41) is 22.6. The minimum absolute atomic E-state index is 0.135. The zero-order valence-electron chi connectivity index (χ0n) is 11.6. The number of carbonyl (C=O) groups excluding carboxylic acids is 1. The van der Waals surface area contributed by atoms with Gasteiger partial charge < -0.3 is 10.0 Å². The van der Waals surface area contributed by atoms with Crippen molar-refractivity contribution in [3.8, 4) is 10.7 Å². The van der Waals surface area contributed by atoms with Crippen LogP contribution in [0.2, 0.25) is 0 Å². The third kappa shape index (κ3) is 3.85. The second-order valence-corrected chi connectivity index (χ2v) is 5.58. The van der Waals surface area contributed by atoms with E-state index in [1.807, 2.05) is 17.5 Å². The molecule has 0 saturated carbocycles. The predicted octanol–water partition coefficient (Wildman–Crippen LogP) is 0.723. The molecule has 0 aliphatic rings. The normalized spacial score (nSPS) is 10.8. The van der Waals surface area contributed by atoms with Crippen molar-refractivity contribution in [2.24, 2.45) is 0 Å². The van der Waals surface area contributed by atoms with E-state index < -0.39 is 5.97 Å². The molecule has 2 aromatic heterocycles. The van der Waals surface area contributed by atoms with Crippen molar-refractivity contribution in [1.29, 1.82) is 0 Å². The first-order valence-corrected chi connectivity index (χ1v) is 7.18. The molecule has 0 radical (unpaired) electrons. The molecule has 0 atom stereocenters. The van der Waals surface area contributed by atoms with Crippen LogP contribution >= 0.6 is 11.3 Å². The second kappa shape index (κ2) is 6.44. The number of hydrogen-bond acceptors (Lipinski definition) is 6. The van der Waals surface area contributed by atoms with Crippen LogP contribution in [0.1, 0.15) is 13.8 Å². The Balaban J connectivity index is 2.06. The highest BCUT2D eigenvalue weighted by molar-refractivity contribution is 7.13. The van der Waals surface area contributed by atoms with E-state index in [1.54, 1.807) is 13.8 Å². The summed E-state index contributed by atoms with van der Waals surface area (Å²) >= 11 is 1.48. The number of carbonyl (C=O) groups is 2. The van der Waals surface area contributed by atoms with Crippen LogP contribution in [0.25, 0.3) is 10.7 Å². The lowest BCUT2D eigenvalue weighted by Gasteiger charge is -2.24. The molecule has 0 saturated heterocycles. The molecule has 0 unspecified atom stereocenters. The lowest BCUT2D eigenvalue weighted by atomic mass is 10.3. The van der Waals surface area contributed by atoms with E-state index in [1.165, 1.54) is 21.0 Å². The molecule has 2 heterocycles. The molecule has 1 N–H and O–H groups in total. The number of carboxylic acids is 1. The number of tetrazole rings is 1. The topological polar surface area (TPSA) is 101 Å². The van der Waals surface area contributed by atoms with Gasteiger partial charge in [-0.05, 0) is 30.5 Å². The summed E-state index contributed by atoms with van der Waals surface area (Å²) in [4.78, 5) is 26.2. The fourth-order valence-electron chi connectivity index (χ4n) is 1.73. The Morgan fingerprint density at radius 3 is 2.81 bits per heavy atom. The molecule has 0 aliphatic heterocycles. The lowest BCUT2D eigenvalue weighted by molar-refractivity contribution is -0.146. The average molecular weight is 309 g/mol. The summed E-state index contributed by atoms with van der Waals surface area (Å²) in [6, 6.07) is 3.52. The van der Waals surface area contributed by atoms with E-state index in [0.29, 0.717) is 5.82 Å². The highest BCUT2D eigenvalue weighted by atomic mass is 32.1. The zero-order valence-corrected chi connectivity index (χ0v) is 12.4. The van der Waals surface area contributed by atoms with E-state index in [4.69, 9.17) is 5.11 Å². The van der Waals surface area contributed by atoms with Crippen molar-refractivity contribution in [2.45, 2.75) is 26.4 Å². The molecule has 1 amide bonds. The number of hydrogen-bond donors (Lipinski definition) is 1. The molecular weight excluding hydrogens is 294 g/mol. The first-order valence-electron chi connectivity index (χ1n) is 6.30. The van der Waals surface area contributed by atoms with Gasteiger partial charge >= 0.3 is 5.97 Å². The van der Waals surface area contributed by atoms with Crippen LogP contribution in [0, 0.1) is 0 Å². The Bertz CT molecular complexity index is 623. The minimum atomic E-state index is -1.05. The fraction of sp³-hybridized carbons (Fsp3) is 0.417. The van der Waals surface area contributed by atoms with Crippen molar-refractivity contribution in [2.75, 3.05) is 6.54 Å². The van der Waals surface area contributed by atoms with Crippen LogP contribution in [0.4, 0.5) is 0 Å². The van der Waals surface area contributed by atoms with Gasteiger partial charge in [0.05, 0.1) is 4.88 Å². The molecule has 9 heteroatoms. The van der Waals surface area contributed by atoms with Gasteiger partial charge in [0.2, 0.25) is 11.7 Å². The van der Waals surface area contributed by atoms with Crippen LogP contribution in [0.3, 0.4) is 0 Å². The van der Waals surface area contributed by atoms with Crippen molar-refractivity contribution < 1.29 is 14.7 Å². The summed E-state index contributed by atoms with van der Waals surface area (Å²) in [6.45, 7) is 3.03. The minimum Gasteiger partial charge on any atom is -0.480 e. The molecule has 0 fully saturated rings. The summed E-state index contributed by atoms with van der Waals surface area (Å²) < 4.78 is 0. The number of thiophene rings is 1. The zero-order chi connectivity index (χ0) is 15.4. The first-order chi connectivity index (χ1) is 9.97. The molecule has 2 aromatic rings.